The van der Waals surface area contributed by atoms with Gasteiger partial charge in [0.2, 0.25) is 5.76 Å². The Hall–Kier alpha value is -2.89. The molecule has 1 heterocycles. The number of carboxylic acids is 1. The molecular weight excluding hydrogens is 277 g/mol. The molecule has 0 amide bonds. The third kappa shape index (κ3) is 3.79. The van der Waals surface area contributed by atoms with Crippen molar-refractivity contribution in [1.82, 2.24) is 4.98 Å². The van der Waals surface area contributed by atoms with Crippen LogP contribution in [0.4, 0.5) is 4.39 Å². The predicted octanol–water partition coefficient (Wildman–Crippen LogP) is 2.45. The molecule has 0 saturated carbocycles. The van der Waals surface area contributed by atoms with Crippen molar-refractivity contribution in [3.63, 3.8) is 0 Å². The Kier molecular flexibility index (Phi) is 4.18. The van der Waals surface area contributed by atoms with E-state index in [2.05, 4.69) is 4.98 Å². The van der Waals surface area contributed by atoms with Gasteiger partial charge in [0.05, 0.1) is 0 Å². The zero-order valence-electron chi connectivity index (χ0n) is 10.8. The van der Waals surface area contributed by atoms with Gasteiger partial charge in [-0.1, -0.05) is 12.1 Å². The molecule has 0 saturated heterocycles. The van der Waals surface area contributed by atoms with Crippen molar-refractivity contribution in [2.75, 3.05) is 0 Å². The number of aromatic amines is 1. The molecule has 0 spiro atoms. The van der Waals surface area contributed by atoms with E-state index in [0.717, 1.165) is 5.56 Å². The zero-order chi connectivity index (χ0) is 15.4. The first kappa shape index (κ1) is 14.5. The molecule has 6 heteroatoms. The van der Waals surface area contributed by atoms with Gasteiger partial charge in [-0.3, -0.25) is 4.79 Å². The first-order valence-electron chi connectivity index (χ1n) is 6.05. The molecule has 1 aromatic carbocycles. The highest BCUT2D eigenvalue weighted by Crippen LogP contribution is 2.12. The molecule has 0 unspecified atom stereocenters. The van der Waals surface area contributed by atoms with Gasteiger partial charge in [-0.2, -0.15) is 0 Å². The molecule has 0 bridgehead atoms. The third-order valence-corrected chi connectivity index (χ3v) is 2.80. The Morgan fingerprint density at radius 3 is 2.67 bits per heavy atom. The molecule has 2 rings (SSSR count). The van der Waals surface area contributed by atoms with Gasteiger partial charge in [0.1, 0.15) is 5.82 Å². The number of carboxylic acid groups (broad SMARTS) is 1. The predicted molar refractivity (Wildman–Crippen MR) is 72.7 cm³/mol. The largest absolute Gasteiger partial charge is 0.502 e. The molecule has 0 aliphatic heterocycles. The van der Waals surface area contributed by atoms with Gasteiger partial charge in [0.15, 0.2) is 5.78 Å². The van der Waals surface area contributed by atoms with Crippen molar-refractivity contribution < 1.29 is 24.2 Å². The molecule has 0 aliphatic carbocycles. The summed E-state index contributed by atoms with van der Waals surface area (Å²) in [6, 6.07) is 7.60. The molecule has 21 heavy (non-hydrogen) atoms. The molecule has 1 aromatic heterocycles. The van der Waals surface area contributed by atoms with Crippen LogP contribution in [0.15, 0.2) is 48.4 Å². The fraction of sp³-hybridized carbons (Fsp3) is 0.0667. The highest BCUT2D eigenvalue weighted by atomic mass is 19.1. The van der Waals surface area contributed by atoms with Crippen LogP contribution in [0.25, 0.3) is 0 Å². The maximum atomic E-state index is 13.1. The maximum Gasteiger partial charge on any atom is 0.371 e. The second-order valence-corrected chi connectivity index (χ2v) is 4.42. The lowest BCUT2D eigenvalue weighted by Gasteiger charge is -1.98. The third-order valence-electron chi connectivity index (χ3n) is 2.80. The monoisotopic (exact) mass is 289 g/mol. The highest BCUT2D eigenvalue weighted by Gasteiger charge is 2.11. The number of nitrogens with one attached hydrogen (secondary N) is 1. The fourth-order valence-corrected chi connectivity index (χ4v) is 1.82. The Labute approximate surface area is 119 Å². The van der Waals surface area contributed by atoms with Gasteiger partial charge >= 0.3 is 5.97 Å². The molecule has 3 N–H and O–H groups in total. The number of halogens is 1. The number of aliphatic hydroxyl groups excluding tert-OH is 1. The highest BCUT2D eigenvalue weighted by molar-refractivity contribution is 6.07. The van der Waals surface area contributed by atoms with Gasteiger partial charge in [-0.25, -0.2) is 9.18 Å². The molecule has 0 aliphatic rings. The molecule has 0 atom stereocenters. The summed E-state index contributed by atoms with van der Waals surface area (Å²) in [5.41, 5.74) is 1.63. The van der Waals surface area contributed by atoms with Crippen LogP contribution in [0.2, 0.25) is 0 Å². The summed E-state index contributed by atoms with van der Waals surface area (Å²) in [7, 11) is 0. The van der Waals surface area contributed by atoms with Crippen molar-refractivity contribution in [3.8, 4) is 0 Å². The van der Waals surface area contributed by atoms with Crippen LogP contribution < -0.4 is 0 Å². The number of carbonyl (C=O) groups excluding carboxylic acids is 1. The number of allylic oxidation sites excluding steroid dienone is 1. The van der Waals surface area contributed by atoms with Gasteiger partial charge in [-0.05, 0) is 23.8 Å². The van der Waals surface area contributed by atoms with E-state index in [-0.39, 0.29) is 11.4 Å². The smallest absolute Gasteiger partial charge is 0.371 e. The summed E-state index contributed by atoms with van der Waals surface area (Å²) in [6.07, 6.45) is 2.44. The zero-order valence-corrected chi connectivity index (χ0v) is 10.8. The summed E-state index contributed by atoms with van der Waals surface area (Å²) < 4.78 is 13.1. The van der Waals surface area contributed by atoms with Gasteiger partial charge < -0.3 is 15.2 Å². The van der Waals surface area contributed by atoms with Crippen molar-refractivity contribution in [2.45, 2.75) is 6.42 Å². The van der Waals surface area contributed by atoms with Crippen LogP contribution in [0.5, 0.6) is 0 Å². The number of hydrogen-bond acceptors (Lipinski definition) is 3. The fourth-order valence-electron chi connectivity index (χ4n) is 1.82. The Bertz CT molecular complexity index is 718. The van der Waals surface area contributed by atoms with Crippen LogP contribution in [-0.4, -0.2) is 26.9 Å². The summed E-state index contributed by atoms with van der Waals surface area (Å²) >= 11 is 0. The van der Waals surface area contributed by atoms with Crippen LogP contribution >= 0.6 is 0 Å². The lowest BCUT2D eigenvalue weighted by Crippen LogP contribution is -2.03. The van der Waals surface area contributed by atoms with Crippen molar-refractivity contribution in [2.24, 2.45) is 0 Å². The van der Waals surface area contributed by atoms with Crippen LogP contribution in [0.3, 0.4) is 0 Å². The van der Waals surface area contributed by atoms with E-state index in [0.29, 0.717) is 18.2 Å². The van der Waals surface area contributed by atoms with E-state index in [9.17, 15) is 14.0 Å². The minimum absolute atomic E-state index is 0.217. The topological polar surface area (TPSA) is 90.4 Å². The standard InChI is InChI=1S/C15H12FNO4/c16-11-3-1-2-9(4-11)5-12-6-10(8-17-12)13(18)7-14(19)15(20)21/h1-4,6-8,17,19H,5H2,(H,20,21)/b14-7-. The minimum atomic E-state index is -1.57. The second kappa shape index (κ2) is 6.04. The van der Waals surface area contributed by atoms with Crippen molar-refractivity contribution in [3.05, 3.63) is 71.0 Å². The molecule has 0 radical (unpaired) electrons. The second-order valence-electron chi connectivity index (χ2n) is 4.42. The van der Waals surface area contributed by atoms with Crippen LogP contribution in [0.1, 0.15) is 21.6 Å². The van der Waals surface area contributed by atoms with Crippen LogP contribution in [-0.2, 0) is 11.2 Å². The SMILES string of the molecule is O=C(O)/C(O)=C/C(=O)c1c[nH]c(Cc2cccc(F)c2)c1. The summed E-state index contributed by atoms with van der Waals surface area (Å²) in [5, 5.41) is 17.5. The first-order valence-corrected chi connectivity index (χ1v) is 6.05. The first-order chi connectivity index (χ1) is 9.95. The number of aliphatic hydroxyl groups is 1. The summed E-state index contributed by atoms with van der Waals surface area (Å²) in [4.78, 5) is 25.0. The van der Waals surface area contributed by atoms with E-state index < -0.39 is 17.5 Å². The van der Waals surface area contributed by atoms with E-state index in [1.54, 1.807) is 12.1 Å². The number of aliphatic carboxylic acids is 1. The number of benzene rings is 1. The van der Waals surface area contributed by atoms with Gasteiger partial charge in [0.25, 0.3) is 0 Å². The molecule has 0 fully saturated rings. The number of aromatic nitrogens is 1. The minimum Gasteiger partial charge on any atom is -0.502 e. The molecular formula is C15H12FNO4. The number of H-pyrrole nitrogens is 1. The van der Waals surface area contributed by atoms with Crippen molar-refractivity contribution in [1.29, 1.82) is 0 Å². The van der Waals surface area contributed by atoms with Crippen molar-refractivity contribution >= 4 is 11.8 Å². The Morgan fingerprint density at radius 1 is 1.24 bits per heavy atom. The van der Waals surface area contributed by atoms with E-state index in [1.807, 2.05) is 0 Å². The molecule has 2 aromatic rings. The van der Waals surface area contributed by atoms with Crippen LogP contribution in [0, 0.1) is 5.82 Å². The number of ketones is 1. The number of rotatable bonds is 5. The Morgan fingerprint density at radius 2 is 2.00 bits per heavy atom. The average molecular weight is 289 g/mol. The van der Waals surface area contributed by atoms with Gasteiger partial charge in [-0.15, -0.1) is 0 Å². The molecule has 108 valence electrons. The quantitative estimate of drug-likeness (QED) is 0.448. The van der Waals surface area contributed by atoms with E-state index >= 15 is 0 Å². The van der Waals surface area contributed by atoms with E-state index in [1.165, 1.54) is 24.4 Å². The average Bonchev–Trinajstić information content (AvgIpc) is 2.87. The summed E-state index contributed by atoms with van der Waals surface area (Å²) in [6.45, 7) is 0. The summed E-state index contributed by atoms with van der Waals surface area (Å²) in [5.74, 6) is -3.56. The lowest BCUT2D eigenvalue weighted by molar-refractivity contribution is -0.135. The maximum absolute atomic E-state index is 13.1. The molecule has 5 nitrogen and oxygen atoms in total. The number of hydrogen-bond donors (Lipinski definition) is 3. The Balaban J connectivity index is 2.13. The van der Waals surface area contributed by atoms with Gasteiger partial charge in [0, 0.05) is 30.0 Å². The lowest BCUT2D eigenvalue weighted by atomic mass is 10.1. The normalized spacial score (nSPS) is 11.4. The number of carbonyl (C=O) groups is 2. The van der Waals surface area contributed by atoms with E-state index in [4.69, 9.17) is 10.2 Å².